The predicted molar refractivity (Wildman–Crippen MR) is 125 cm³/mol. The molecule has 0 aliphatic carbocycles. The molecule has 2 heterocycles. The zero-order valence-corrected chi connectivity index (χ0v) is 18.4. The molecule has 1 aliphatic heterocycles. The van der Waals surface area contributed by atoms with Crippen molar-refractivity contribution >= 4 is 23.1 Å². The van der Waals surface area contributed by atoms with Crippen LogP contribution in [0.2, 0.25) is 0 Å². The van der Waals surface area contributed by atoms with E-state index in [0.717, 1.165) is 40.4 Å². The van der Waals surface area contributed by atoms with Gasteiger partial charge in [-0.25, -0.2) is 4.98 Å². The number of morpholine rings is 1. The summed E-state index contributed by atoms with van der Waals surface area (Å²) in [6, 6.07) is 15.6. The second-order valence-electron chi connectivity index (χ2n) is 7.83. The van der Waals surface area contributed by atoms with Crippen LogP contribution in [0.15, 0.2) is 54.7 Å². The first-order chi connectivity index (χ1) is 15.6. The molecular formula is C24H29N5O3. The third kappa shape index (κ3) is 4.83. The first kappa shape index (κ1) is 22.0. The van der Waals surface area contributed by atoms with Gasteiger partial charge in [0.15, 0.2) is 0 Å². The lowest BCUT2D eigenvalue weighted by atomic mass is 10.1. The molecule has 1 unspecified atom stereocenters. The van der Waals surface area contributed by atoms with Crippen molar-refractivity contribution < 1.29 is 14.9 Å². The van der Waals surface area contributed by atoms with Crippen LogP contribution in [0.25, 0.3) is 0 Å². The van der Waals surface area contributed by atoms with Gasteiger partial charge in [-0.1, -0.05) is 24.3 Å². The van der Waals surface area contributed by atoms with E-state index in [1.165, 1.54) is 0 Å². The second kappa shape index (κ2) is 9.95. The minimum absolute atomic E-state index is 0.00463. The summed E-state index contributed by atoms with van der Waals surface area (Å²) >= 11 is 0. The van der Waals surface area contributed by atoms with Crippen LogP contribution >= 0.6 is 0 Å². The van der Waals surface area contributed by atoms with Crippen LogP contribution in [0.5, 0.6) is 0 Å². The Hall–Kier alpha value is -3.20. The highest BCUT2D eigenvalue weighted by Crippen LogP contribution is 2.27. The molecule has 1 aromatic heterocycles. The van der Waals surface area contributed by atoms with Crippen molar-refractivity contribution in [3.63, 3.8) is 0 Å². The van der Waals surface area contributed by atoms with Crippen molar-refractivity contribution in [2.75, 3.05) is 41.9 Å². The largest absolute Gasteiger partial charge is 0.392 e. The molecule has 3 aromatic rings. The van der Waals surface area contributed by atoms with Crippen molar-refractivity contribution in [1.82, 2.24) is 9.97 Å². The molecule has 32 heavy (non-hydrogen) atoms. The zero-order chi connectivity index (χ0) is 22.5. The standard InChI is InChI=1S/C24H29N5O3/c1-17-6-7-19(15-31)13-21(17)28(2)22-8-9-25-24(26-22)27-23-16-32-11-10-29(23)20-5-3-4-18(12-20)14-30/h3-9,12-13,23,30-31H,10-11,14-16H2,1-2H3,(H,25,26,27). The average molecular weight is 436 g/mol. The van der Waals surface area contributed by atoms with Crippen LogP contribution in [0.3, 0.4) is 0 Å². The Morgan fingerprint density at radius 2 is 1.94 bits per heavy atom. The number of aliphatic hydroxyl groups is 2. The van der Waals surface area contributed by atoms with Gasteiger partial charge in [0.2, 0.25) is 5.95 Å². The van der Waals surface area contributed by atoms with E-state index < -0.39 is 0 Å². The van der Waals surface area contributed by atoms with Crippen LogP contribution in [-0.2, 0) is 18.0 Å². The van der Waals surface area contributed by atoms with Gasteiger partial charge in [-0.3, -0.25) is 0 Å². The summed E-state index contributed by atoms with van der Waals surface area (Å²) in [7, 11) is 1.95. The van der Waals surface area contributed by atoms with Crippen molar-refractivity contribution in [3.8, 4) is 0 Å². The van der Waals surface area contributed by atoms with E-state index in [2.05, 4.69) is 15.2 Å². The fourth-order valence-corrected chi connectivity index (χ4v) is 3.86. The number of aliphatic hydroxyl groups excluding tert-OH is 2. The predicted octanol–water partition coefficient (Wildman–Crippen LogP) is 2.81. The number of nitrogens with one attached hydrogen (secondary N) is 1. The minimum atomic E-state index is -0.141. The molecule has 168 valence electrons. The average Bonchev–Trinajstić information content (AvgIpc) is 2.84. The number of aromatic nitrogens is 2. The highest BCUT2D eigenvalue weighted by Gasteiger charge is 2.24. The molecule has 8 heteroatoms. The molecule has 0 radical (unpaired) electrons. The van der Waals surface area contributed by atoms with Gasteiger partial charge < -0.3 is 30.1 Å². The quantitative estimate of drug-likeness (QED) is 0.522. The maximum absolute atomic E-state index is 9.50. The number of rotatable bonds is 7. The van der Waals surface area contributed by atoms with E-state index in [1.807, 2.05) is 67.4 Å². The molecule has 0 amide bonds. The van der Waals surface area contributed by atoms with E-state index in [9.17, 15) is 10.2 Å². The molecule has 0 bridgehead atoms. The Labute approximate surface area is 188 Å². The van der Waals surface area contributed by atoms with Gasteiger partial charge in [0.25, 0.3) is 0 Å². The number of hydrogen-bond acceptors (Lipinski definition) is 8. The molecule has 0 saturated carbocycles. The Bertz CT molecular complexity index is 1060. The van der Waals surface area contributed by atoms with E-state index >= 15 is 0 Å². The highest BCUT2D eigenvalue weighted by atomic mass is 16.5. The van der Waals surface area contributed by atoms with Crippen molar-refractivity contribution in [2.45, 2.75) is 26.3 Å². The maximum atomic E-state index is 9.50. The molecule has 1 atom stereocenters. The third-order valence-electron chi connectivity index (χ3n) is 5.65. The van der Waals surface area contributed by atoms with Gasteiger partial charge in [-0.2, -0.15) is 4.98 Å². The molecule has 0 spiro atoms. The van der Waals surface area contributed by atoms with Gasteiger partial charge in [-0.05, 0) is 47.9 Å². The zero-order valence-electron chi connectivity index (χ0n) is 18.4. The van der Waals surface area contributed by atoms with Gasteiger partial charge in [0.05, 0.1) is 26.4 Å². The molecule has 4 rings (SSSR count). The number of hydrogen-bond donors (Lipinski definition) is 3. The van der Waals surface area contributed by atoms with Crippen molar-refractivity contribution in [3.05, 3.63) is 71.4 Å². The van der Waals surface area contributed by atoms with Crippen LogP contribution in [0.1, 0.15) is 16.7 Å². The van der Waals surface area contributed by atoms with Crippen molar-refractivity contribution in [2.24, 2.45) is 0 Å². The third-order valence-corrected chi connectivity index (χ3v) is 5.65. The monoisotopic (exact) mass is 435 g/mol. The lowest BCUT2D eigenvalue weighted by Crippen LogP contribution is -2.50. The fourth-order valence-electron chi connectivity index (χ4n) is 3.86. The lowest BCUT2D eigenvalue weighted by molar-refractivity contribution is 0.101. The van der Waals surface area contributed by atoms with Gasteiger partial charge >= 0.3 is 0 Å². The topological polar surface area (TPSA) is 94.0 Å². The maximum Gasteiger partial charge on any atom is 0.226 e. The summed E-state index contributed by atoms with van der Waals surface area (Å²) in [6.45, 7) is 3.87. The second-order valence-corrected chi connectivity index (χ2v) is 7.83. The summed E-state index contributed by atoms with van der Waals surface area (Å²) in [4.78, 5) is 13.3. The molecule has 8 nitrogen and oxygen atoms in total. The van der Waals surface area contributed by atoms with Crippen LogP contribution in [0.4, 0.5) is 23.1 Å². The van der Waals surface area contributed by atoms with Gasteiger partial charge in [0.1, 0.15) is 12.0 Å². The fraction of sp³-hybridized carbons (Fsp3) is 0.333. The normalized spacial score (nSPS) is 16.1. The Morgan fingerprint density at radius 1 is 1.12 bits per heavy atom. The summed E-state index contributed by atoms with van der Waals surface area (Å²) in [5.41, 5.74) is 4.80. The summed E-state index contributed by atoms with van der Waals surface area (Å²) in [6.07, 6.45) is 1.59. The number of nitrogens with zero attached hydrogens (tertiary/aromatic N) is 4. The van der Waals surface area contributed by atoms with E-state index in [0.29, 0.717) is 19.2 Å². The Kier molecular flexibility index (Phi) is 6.84. The molecule has 1 saturated heterocycles. The minimum Gasteiger partial charge on any atom is -0.392 e. The molecule has 1 fully saturated rings. The van der Waals surface area contributed by atoms with Crippen LogP contribution < -0.4 is 15.1 Å². The van der Waals surface area contributed by atoms with Crippen molar-refractivity contribution in [1.29, 1.82) is 0 Å². The molecule has 1 aliphatic rings. The SMILES string of the molecule is Cc1ccc(CO)cc1N(C)c1ccnc(NC2COCCN2c2cccc(CO)c2)n1. The lowest BCUT2D eigenvalue weighted by Gasteiger charge is -2.37. The van der Waals surface area contributed by atoms with Gasteiger partial charge in [0, 0.05) is 31.2 Å². The number of benzene rings is 2. The molecule has 3 N–H and O–H groups in total. The first-order valence-electron chi connectivity index (χ1n) is 10.7. The summed E-state index contributed by atoms with van der Waals surface area (Å²) < 4.78 is 5.71. The van der Waals surface area contributed by atoms with Gasteiger partial charge in [-0.15, -0.1) is 0 Å². The van der Waals surface area contributed by atoms with E-state index in [-0.39, 0.29) is 19.4 Å². The Morgan fingerprint density at radius 3 is 2.75 bits per heavy atom. The highest BCUT2D eigenvalue weighted by molar-refractivity contribution is 5.64. The molecule has 2 aromatic carbocycles. The summed E-state index contributed by atoms with van der Waals surface area (Å²) in [5.74, 6) is 1.25. The van der Waals surface area contributed by atoms with Crippen LogP contribution in [-0.4, -0.2) is 53.2 Å². The van der Waals surface area contributed by atoms with E-state index in [1.54, 1.807) is 6.20 Å². The molecular weight excluding hydrogens is 406 g/mol. The number of anilines is 4. The first-order valence-corrected chi connectivity index (χ1v) is 10.7. The van der Waals surface area contributed by atoms with E-state index in [4.69, 9.17) is 9.72 Å². The Balaban J connectivity index is 1.56. The number of aryl methyl sites for hydroxylation is 1. The summed E-state index contributed by atoms with van der Waals surface area (Å²) in [5, 5.41) is 22.4. The number of ether oxygens (including phenoxy) is 1. The van der Waals surface area contributed by atoms with Crippen LogP contribution in [0, 0.1) is 6.92 Å². The smallest absolute Gasteiger partial charge is 0.226 e.